The SMILES string of the molecule is CCC(C)NC(=NCc1ccc(N2CCOC2=O)cc1)NCCc1ccco1. The van der Waals surface area contributed by atoms with Crippen molar-refractivity contribution >= 4 is 17.7 Å². The zero-order valence-electron chi connectivity index (χ0n) is 16.5. The summed E-state index contributed by atoms with van der Waals surface area (Å²) >= 11 is 0. The summed E-state index contributed by atoms with van der Waals surface area (Å²) in [6, 6.07) is 12.1. The van der Waals surface area contributed by atoms with Crippen molar-refractivity contribution in [3.8, 4) is 0 Å². The van der Waals surface area contributed by atoms with Crippen molar-refractivity contribution in [2.75, 3.05) is 24.6 Å². The molecule has 1 unspecified atom stereocenters. The minimum Gasteiger partial charge on any atom is -0.469 e. The number of hydrogen-bond donors (Lipinski definition) is 2. The maximum absolute atomic E-state index is 11.7. The highest BCUT2D eigenvalue weighted by atomic mass is 16.6. The van der Waals surface area contributed by atoms with E-state index in [1.165, 1.54) is 0 Å². The number of furan rings is 1. The Morgan fingerprint density at radius 3 is 2.75 bits per heavy atom. The van der Waals surface area contributed by atoms with Gasteiger partial charge in [-0.15, -0.1) is 0 Å². The Morgan fingerprint density at radius 2 is 2.11 bits per heavy atom. The molecule has 2 N–H and O–H groups in total. The Hall–Kier alpha value is -2.96. The molecule has 3 rings (SSSR count). The van der Waals surface area contributed by atoms with E-state index in [2.05, 4.69) is 24.5 Å². The standard InChI is InChI=1S/C21H28N4O3/c1-3-16(2)24-20(22-11-10-19-5-4-13-27-19)23-15-17-6-8-18(9-7-17)25-12-14-28-21(25)26/h4-9,13,16H,3,10-12,14-15H2,1-2H3,(H2,22,23,24). The lowest BCUT2D eigenvalue weighted by molar-refractivity contribution is 0.181. The number of guanidine groups is 1. The number of cyclic esters (lactones) is 1. The van der Waals surface area contributed by atoms with Gasteiger partial charge in [0.2, 0.25) is 0 Å². The molecule has 28 heavy (non-hydrogen) atoms. The fourth-order valence-electron chi connectivity index (χ4n) is 2.83. The second-order valence-corrected chi connectivity index (χ2v) is 6.81. The summed E-state index contributed by atoms with van der Waals surface area (Å²) in [5, 5.41) is 6.78. The molecular weight excluding hydrogens is 356 g/mol. The van der Waals surface area contributed by atoms with Crippen molar-refractivity contribution in [3.05, 3.63) is 54.0 Å². The van der Waals surface area contributed by atoms with Crippen molar-refractivity contribution in [2.24, 2.45) is 4.99 Å². The molecule has 1 aliphatic rings. The number of carbonyl (C=O) groups is 1. The summed E-state index contributed by atoms with van der Waals surface area (Å²) in [7, 11) is 0. The molecule has 1 saturated heterocycles. The number of carbonyl (C=O) groups excluding carboxylic acids is 1. The molecule has 0 radical (unpaired) electrons. The van der Waals surface area contributed by atoms with Gasteiger partial charge in [0.25, 0.3) is 0 Å². The van der Waals surface area contributed by atoms with Gasteiger partial charge in [-0.2, -0.15) is 0 Å². The van der Waals surface area contributed by atoms with Crippen LogP contribution in [0.15, 0.2) is 52.1 Å². The van der Waals surface area contributed by atoms with Crippen molar-refractivity contribution in [2.45, 2.75) is 39.3 Å². The van der Waals surface area contributed by atoms with Crippen molar-refractivity contribution in [1.29, 1.82) is 0 Å². The van der Waals surface area contributed by atoms with E-state index in [4.69, 9.17) is 14.1 Å². The fourth-order valence-corrected chi connectivity index (χ4v) is 2.83. The molecule has 0 bridgehead atoms. The number of amides is 1. The van der Waals surface area contributed by atoms with Crippen LogP contribution < -0.4 is 15.5 Å². The van der Waals surface area contributed by atoms with Gasteiger partial charge in [0.1, 0.15) is 12.4 Å². The summed E-state index contributed by atoms with van der Waals surface area (Å²) in [5.74, 6) is 1.74. The number of anilines is 1. The average molecular weight is 384 g/mol. The number of hydrogen-bond acceptors (Lipinski definition) is 4. The molecule has 2 heterocycles. The number of ether oxygens (including phenoxy) is 1. The number of nitrogens with zero attached hydrogens (tertiary/aromatic N) is 2. The van der Waals surface area contributed by atoms with Crippen molar-refractivity contribution in [1.82, 2.24) is 10.6 Å². The second-order valence-electron chi connectivity index (χ2n) is 6.81. The summed E-state index contributed by atoms with van der Waals surface area (Å²) in [6.45, 7) is 6.61. The Bertz CT molecular complexity index is 771. The summed E-state index contributed by atoms with van der Waals surface area (Å²) in [6.07, 6.45) is 3.22. The lowest BCUT2D eigenvalue weighted by atomic mass is 10.2. The molecule has 1 atom stereocenters. The molecule has 150 valence electrons. The molecule has 1 aromatic heterocycles. The molecular formula is C21H28N4O3. The Balaban J connectivity index is 1.58. The van der Waals surface area contributed by atoms with E-state index in [1.54, 1.807) is 11.2 Å². The first-order valence-corrected chi connectivity index (χ1v) is 9.76. The monoisotopic (exact) mass is 384 g/mol. The predicted molar refractivity (Wildman–Crippen MR) is 110 cm³/mol. The fraction of sp³-hybridized carbons (Fsp3) is 0.429. The smallest absolute Gasteiger partial charge is 0.414 e. The molecule has 7 heteroatoms. The van der Waals surface area contributed by atoms with Crippen LogP contribution in [-0.4, -0.2) is 37.8 Å². The third-order valence-corrected chi connectivity index (χ3v) is 4.67. The molecule has 1 aliphatic heterocycles. The Labute approximate surface area is 165 Å². The maximum atomic E-state index is 11.7. The first-order valence-electron chi connectivity index (χ1n) is 9.76. The summed E-state index contributed by atoms with van der Waals surface area (Å²) in [5.41, 5.74) is 1.93. The number of aliphatic imine (C=N–C) groups is 1. The van der Waals surface area contributed by atoms with E-state index < -0.39 is 0 Å². The quantitative estimate of drug-likeness (QED) is 0.539. The highest BCUT2D eigenvalue weighted by molar-refractivity contribution is 5.89. The van der Waals surface area contributed by atoms with Crippen LogP contribution >= 0.6 is 0 Å². The molecule has 1 fully saturated rings. The van der Waals surface area contributed by atoms with E-state index in [1.807, 2.05) is 36.4 Å². The number of benzene rings is 1. The van der Waals surface area contributed by atoms with Crippen LogP contribution in [-0.2, 0) is 17.7 Å². The van der Waals surface area contributed by atoms with Gasteiger partial charge < -0.3 is 19.8 Å². The van der Waals surface area contributed by atoms with E-state index in [9.17, 15) is 4.79 Å². The number of nitrogens with one attached hydrogen (secondary N) is 2. The van der Waals surface area contributed by atoms with Crippen LogP contribution in [0, 0.1) is 0 Å². The average Bonchev–Trinajstić information content (AvgIpc) is 3.38. The lowest BCUT2D eigenvalue weighted by Crippen LogP contribution is -2.42. The predicted octanol–water partition coefficient (Wildman–Crippen LogP) is 3.31. The van der Waals surface area contributed by atoms with Gasteiger partial charge in [0.05, 0.1) is 19.4 Å². The van der Waals surface area contributed by atoms with Crippen LogP contribution in [0.3, 0.4) is 0 Å². The zero-order valence-corrected chi connectivity index (χ0v) is 16.5. The minimum atomic E-state index is -0.286. The molecule has 0 spiro atoms. The highest BCUT2D eigenvalue weighted by Crippen LogP contribution is 2.19. The van der Waals surface area contributed by atoms with Crippen molar-refractivity contribution < 1.29 is 13.9 Å². The van der Waals surface area contributed by atoms with Gasteiger partial charge >= 0.3 is 6.09 Å². The van der Waals surface area contributed by atoms with Gasteiger partial charge in [-0.1, -0.05) is 19.1 Å². The minimum absolute atomic E-state index is 0.286. The van der Waals surface area contributed by atoms with Crippen LogP contribution in [0.5, 0.6) is 0 Å². The first kappa shape index (κ1) is 19.8. The van der Waals surface area contributed by atoms with Crippen LogP contribution in [0.4, 0.5) is 10.5 Å². The first-order chi connectivity index (χ1) is 13.7. The lowest BCUT2D eigenvalue weighted by Gasteiger charge is -2.17. The number of rotatable bonds is 8. The molecule has 0 aliphatic carbocycles. The zero-order chi connectivity index (χ0) is 19.8. The molecule has 7 nitrogen and oxygen atoms in total. The summed E-state index contributed by atoms with van der Waals surface area (Å²) in [4.78, 5) is 18.0. The van der Waals surface area contributed by atoms with E-state index >= 15 is 0 Å². The molecule has 2 aromatic rings. The summed E-state index contributed by atoms with van der Waals surface area (Å²) < 4.78 is 10.4. The van der Waals surface area contributed by atoms with E-state index in [0.717, 1.165) is 42.4 Å². The van der Waals surface area contributed by atoms with Gasteiger partial charge in [0, 0.05) is 24.7 Å². The third-order valence-electron chi connectivity index (χ3n) is 4.67. The van der Waals surface area contributed by atoms with Crippen molar-refractivity contribution in [3.63, 3.8) is 0 Å². The molecule has 1 amide bonds. The second kappa shape index (κ2) is 9.82. The molecule has 0 saturated carbocycles. The van der Waals surface area contributed by atoms with Gasteiger partial charge in [0.15, 0.2) is 5.96 Å². The highest BCUT2D eigenvalue weighted by Gasteiger charge is 2.23. The maximum Gasteiger partial charge on any atom is 0.414 e. The third kappa shape index (κ3) is 5.52. The van der Waals surface area contributed by atoms with Gasteiger partial charge in [-0.25, -0.2) is 9.79 Å². The van der Waals surface area contributed by atoms with Crippen LogP contribution in [0.2, 0.25) is 0 Å². The van der Waals surface area contributed by atoms with E-state index in [0.29, 0.717) is 25.7 Å². The van der Waals surface area contributed by atoms with Gasteiger partial charge in [-0.05, 0) is 43.2 Å². The topological polar surface area (TPSA) is 79.1 Å². The Kier molecular flexibility index (Phi) is 6.94. The molecule has 1 aromatic carbocycles. The normalized spacial score (nSPS) is 15.4. The van der Waals surface area contributed by atoms with E-state index in [-0.39, 0.29) is 6.09 Å². The van der Waals surface area contributed by atoms with Crippen LogP contribution in [0.25, 0.3) is 0 Å². The van der Waals surface area contributed by atoms with Gasteiger partial charge in [-0.3, -0.25) is 4.90 Å². The largest absolute Gasteiger partial charge is 0.469 e. The van der Waals surface area contributed by atoms with Crippen LogP contribution in [0.1, 0.15) is 31.6 Å². The Morgan fingerprint density at radius 1 is 1.29 bits per heavy atom.